The van der Waals surface area contributed by atoms with Crippen molar-refractivity contribution in [3.05, 3.63) is 64.1 Å². The lowest BCUT2D eigenvalue weighted by Gasteiger charge is -2.12. The van der Waals surface area contributed by atoms with Gasteiger partial charge in [0, 0.05) is 10.9 Å². The first-order valence-corrected chi connectivity index (χ1v) is 6.16. The minimum atomic E-state index is -0.594. The standard InChI is InChI=1S/C14H13BrO2/c15-12-7-6-11(14(17)9-12)8-13(16)10-4-2-1-3-5-10/h1-7,9,13,16-17H,8H2/t13-/m0/s1. The summed E-state index contributed by atoms with van der Waals surface area (Å²) in [5.74, 6) is 0.203. The molecule has 0 amide bonds. The van der Waals surface area contributed by atoms with Gasteiger partial charge >= 0.3 is 0 Å². The maximum Gasteiger partial charge on any atom is 0.120 e. The number of benzene rings is 2. The minimum absolute atomic E-state index is 0.203. The van der Waals surface area contributed by atoms with E-state index >= 15 is 0 Å². The molecule has 0 heterocycles. The van der Waals surface area contributed by atoms with Gasteiger partial charge in [0.05, 0.1) is 6.10 Å². The smallest absolute Gasteiger partial charge is 0.120 e. The molecule has 0 bridgehead atoms. The highest BCUT2D eigenvalue weighted by Gasteiger charge is 2.10. The van der Waals surface area contributed by atoms with Gasteiger partial charge in [-0.25, -0.2) is 0 Å². The highest BCUT2D eigenvalue weighted by atomic mass is 79.9. The Morgan fingerprint density at radius 1 is 1.06 bits per heavy atom. The van der Waals surface area contributed by atoms with Gasteiger partial charge in [-0.15, -0.1) is 0 Å². The molecule has 0 aliphatic heterocycles. The third kappa shape index (κ3) is 3.08. The Kier molecular flexibility index (Phi) is 3.82. The van der Waals surface area contributed by atoms with Crippen molar-refractivity contribution in [3.63, 3.8) is 0 Å². The number of phenolic OH excluding ortho intramolecular Hbond substituents is 1. The van der Waals surface area contributed by atoms with E-state index < -0.39 is 6.10 Å². The Bertz CT molecular complexity index is 497. The lowest BCUT2D eigenvalue weighted by atomic mass is 10.0. The van der Waals surface area contributed by atoms with Gasteiger partial charge in [-0.05, 0) is 23.3 Å². The fourth-order valence-electron chi connectivity index (χ4n) is 1.71. The predicted molar refractivity (Wildman–Crippen MR) is 70.9 cm³/mol. The Morgan fingerprint density at radius 3 is 2.41 bits per heavy atom. The maximum absolute atomic E-state index is 10.0. The van der Waals surface area contributed by atoms with Crippen LogP contribution in [0.4, 0.5) is 0 Å². The zero-order valence-corrected chi connectivity index (χ0v) is 10.8. The number of halogens is 1. The molecule has 88 valence electrons. The van der Waals surface area contributed by atoms with Crippen LogP contribution in [0.2, 0.25) is 0 Å². The normalized spacial score (nSPS) is 12.4. The molecule has 0 aromatic heterocycles. The third-order valence-electron chi connectivity index (χ3n) is 2.64. The predicted octanol–water partition coefficient (Wildman–Crippen LogP) is 3.43. The van der Waals surface area contributed by atoms with E-state index in [2.05, 4.69) is 15.9 Å². The Morgan fingerprint density at radius 2 is 1.76 bits per heavy atom. The quantitative estimate of drug-likeness (QED) is 0.910. The average molecular weight is 293 g/mol. The summed E-state index contributed by atoms with van der Waals surface area (Å²) in [6.07, 6.45) is -0.188. The lowest BCUT2D eigenvalue weighted by Crippen LogP contribution is -2.01. The molecule has 0 saturated carbocycles. The van der Waals surface area contributed by atoms with E-state index in [-0.39, 0.29) is 5.75 Å². The number of aliphatic hydroxyl groups is 1. The van der Waals surface area contributed by atoms with Crippen LogP contribution in [0.25, 0.3) is 0 Å². The molecule has 0 aliphatic rings. The van der Waals surface area contributed by atoms with E-state index in [0.29, 0.717) is 6.42 Å². The minimum Gasteiger partial charge on any atom is -0.508 e. The van der Waals surface area contributed by atoms with Crippen molar-refractivity contribution in [2.45, 2.75) is 12.5 Å². The summed E-state index contributed by atoms with van der Waals surface area (Å²) < 4.78 is 0.827. The summed E-state index contributed by atoms with van der Waals surface area (Å²) in [4.78, 5) is 0. The highest BCUT2D eigenvalue weighted by molar-refractivity contribution is 9.10. The first-order valence-electron chi connectivity index (χ1n) is 5.37. The summed E-state index contributed by atoms with van der Waals surface area (Å²) in [7, 11) is 0. The Balaban J connectivity index is 2.16. The summed E-state index contributed by atoms with van der Waals surface area (Å²) >= 11 is 3.28. The van der Waals surface area contributed by atoms with Crippen molar-refractivity contribution in [3.8, 4) is 5.75 Å². The molecule has 3 heteroatoms. The van der Waals surface area contributed by atoms with Crippen molar-refractivity contribution in [1.29, 1.82) is 0 Å². The van der Waals surface area contributed by atoms with E-state index in [9.17, 15) is 10.2 Å². The van der Waals surface area contributed by atoms with E-state index in [1.54, 1.807) is 6.07 Å². The van der Waals surface area contributed by atoms with Crippen LogP contribution in [-0.4, -0.2) is 10.2 Å². The molecule has 17 heavy (non-hydrogen) atoms. The number of hydrogen-bond acceptors (Lipinski definition) is 2. The first kappa shape index (κ1) is 12.1. The Labute approximate surface area is 109 Å². The van der Waals surface area contributed by atoms with Crippen LogP contribution in [0.3, 0.4) is 0 Å². The number of phenols is 1. The van der Waals surface area contributed by atoms with Crippen molar-refractivity contribution in [1.82, 2.24) is 0 Å². The zero-order valence-electron chi connectivity index (χ0n) is 9.18. The van der Waals surface area contributed by atoms with E-state index in [1.807, 2.05) is 42.5 Å². The van der Waals surface area contributed by atoms with Crippen molar-refractivity contribution >= 4 is 15.9 Å². The number of aliphatic hydroxyl groups excluding tert-OH is 1. The second-order valence-corrected chi connectivity index (χ2v) is 4.82. The molecular weight excluding hydrogens is 280 g/mol. The molecule has 2 aromatic carbocycles. The van der Waals surface area contributed by atoms with Crippen LogP contribution in [0.15, 0.2) is 53.0 Å². The van der Waals surface area contributed by atoms with Crippen molar-refractivity contribution < 1.29 is 10.2 Å². The van der Waals surface area contributed by atoms with Gasteiger partial charge < -0.3 is 10.2 Å². The van der Waals surface area contributed by atoms with Crippen LogP contribution >= 0.6 is 15.9 Å². The van der Waals surface area contributed by atoms with E-state index in [0.717, 1.165) is 15.6 Å². The summed E-state index contributed by atoms with van der Waals surface area (Å²) in [6, 6.07) is 14.7. The molecule has 2 rings (SSSR count). The molecule has 0 spiro atoms. The topological polar surface area (TPSA) is 40.5 Å². The highest BCUT2D eigenvalue weighted by Crippen LogP contribution is 2.26. The molecule has 0 radical (unpaired) electrons. The molecule has 0 aliphatic carbocycles. The zero-order chi connectivity index (χ0) is 12.3. The van der Waals surface area contributed by atoms with Crippen LogP contribution in [0.1, 0.15) is 17.2 Å². The monoisotopic (exact) mass is 292 g/mol. The Hall–Kier alpha value is -1.32. The van der Waals surface area contributed by atoms with Gasteiger partial charge in [-0.3, -0.25) is 0 Å². The molecule has 0 fully saturated rings. The van der Waals surface area contributed by atoms with Crippen LogP contribution < -0.4 is 0 Å². The molecule has 0 unspecified atom stereocenters. The number of aromatic hydroxyl groups is 1. The van der Waals surface area contributed by atoms with Crippen LogP contribution in [0, 0.1) is 0 Å². The molecular formula is C14H13BrO2. The second-order valence-electron chi connectivity index (χ2n) is 3.90. The molecule has 0 saturated heterocycles. The van der Waals surface area contributed by atoms with E-state index in [1.165, 1.54) is 0 Å². The van der Waals surface area contributed by atoms with Gasteiger partial charge in [0.25, 0.3) is 0 Å². The van der Waals surface area contributed by atoms with Crippen LogP contribution in [-0.2, 0) is 6.42 Å². The van der Waals surface area contributed by atoms with Crippen LogP contribution in [0.5, 0.6) is 5.75 Å². The maximum atomic E-state index is 10.0. The molecule has 2 N–H and O–H groups in total. The largest absolute Gasteiger partial charge is 0.508 e. The van der Waals surface area contributed by atoms with Gasteiger partial charge in [-0.2, -0.15) is 0 Å². The van der Waals surface area contributed by atoms with Gasteiger partial charge in [-0.1, -0.05) is 52.3 Å². The first-order chi connectivity index (χ1) is 8.16. The number of rotatable bonds is 3. The molecule has 1 atom stereocenters. The fraction of sp³-hybridized carbons (Fsp3) is 0.143. The van der Waals surface area contributed by atoms with Crippen molar-refractivity contribution in [2.75, 3.05) is 0 Å². The SMILES string of the molecule is Oc1cc(Br)ccc1C[C@H](O)c1ccccc1. The third-order valence-corrected chi connectivity index (χ3v) is 3.14. The fourth-order valence-corrected chi connectivity index (χ4v) is 2.06. The summed E-state index contributed by atoms with van der Waals surface area (Å²) in [6.45, 7) is 0. The summed E-state index contributed by atoms with van der Waals surface area (Å²) in [5, 5.41) is 19.8. The lowest BCUT2D eigenvalue weighted by molar-refractivity contribution is 0.177. The van der Waals surface area contributed by atoms with Gasteiger partial charge in [0.15, 0.2) is 0 Å². The molecule has 2 nitrogen and oxygen atoms in total. The van der Waals surface area contributed by atoms with Crippen molar-refractivity contribution in [2.24, 2.45) is 0 Å². The number of hydrogen-bond donors (Lipinski definition) is 2. The molecule has 2 aromatic rings. The summed E-state index contributed by atoms with van der Waals surface area (Å²) in [5.41, 5.74) is 1.60. The van der Waals surface area contributed by atoms with Gasteiger partial charge in [0.2, 0.25) is 0 Å². The average Bonchev–Trinajstić information content (AvgIpc) is 2.34. The van der Waals surface area contributed by atoms with E-state index in [4.69, 9.17) is 0 Å². The van der Waals surface area contributed by atoms with Gasteiger partial charge in [0.1, 0.15) is 5.75 Å². The second kappa shape index (κ2) is 5.34.